The summed E-state index contributed by atoms with van der Waals surface area (Å²) < 4.78 is 5.52. The molecule has 2 N–H and O–H groups in total. The fourth-order valence-corrected chi connectivity index (χ4v) is 4.70. The van der Waals surface area contributed by atoms with E-state index in [9.17, 15) is 14.4 Å². The summed E-state index contributed by atoms with van der Waals surface area (Å²) in [6.45, 7) is 1.85. The Bertz CT molecular complexity index is 1180. The van der Waals surface area contributed by atoms with Gasteiger partial charge in [0, 0.05) is 18.3 Å². The fraction of sp³-hybridized carbons (Fsp3) is 0.280. The summed E-state index contributed by atoms with van der Waals surface area (Å²) in [5.41, 5.74) is 5.16. The molecule has 176 valence electrons. The van der Waals surface area contributed by atoms with E-state index in [0.717, 1.165) is 11.1 Å². The maximum atomic E-state index is 12.3. The number of likely N-dealkylation sites (N-methyl/N-ethyl adjacent to an activating group) is 1. The fourth-order valence-electron chi connectivity index (χ4n) is 3.97. The van der Waals surface area contributed by atoms with Gasteiger partial charge in [0.1, 0.15) is 17.7 Å². The summed E-state index contributed by atoms with van der Waals surface area (Å²) in [5.74, 6) is -1.42. The van der Waals surface area contributed by atoms with Gasteiger partial charge in [-0.2, -0.15) is 0 Å². The molecule has 8 nitrogen and oxygen atoms in total. The zero-order chi connectivity index (χ0) is 24.2. The van der Waals surface area contributed by atoms with Crippen molar-refractivity contribution in [1.82, 2.24) is 15.2 Å². The number of carbonyl (C=O) groups is 3. The van der Waals surface area contributed by atoms with Crippen molar-refractivity contribution in [2.24, 2.45) is 0 Å². The SMILES string of the molecule is CC(C(=O)O)N(C)C(=O)Cc1csc(CNC(=O)OCC2c3ccccc3-c3ccccc32)n1. The number of hydrogen-bond donors (Lipinski definition) is 2. The Hall–Kier alpha value is -3.72. The highest BCUT2D eigenvalue weighted by Crippen LogP contribution is 2.44. The lowest BCUT2D eigenvalue weighted by atomic mass is 9.98. The van der Waals surface area contributed by atoms with Crippen LogP contribution in [0.3, 0.4) is 0 Å². The van der Waals surface area contributed by atoms with Crippen molar-refractivity contribution < 1.29 is 24.2 Å². The van der Waals surface area contributed by atoms with Gasteiger partial charge in [-0.15, -0.1) is 11.3 Å². The van der Waals surface area contributed by atoms with Crippen LogP contribution >= 0.6 is 11.3 Å². The molecule has 9 heteroatoms. The number of nitrogens with zero attached hydrogens (tertiary/aromatic N) is 2. The Morgan fingerprint density at radius 2 is 1.74 bits per heavy atom. The number of fused-ring (bicyclic) bond motifs is 3. The number of hydrogen-bond acceptors (Lipinski definition) is 6. The van der Waals surface area contributed by atoms with Gasteiger partial charge in [-0.3, -0.25) is 4.79 Å². The van der Waals surface area contributed by atoms with Gasteiger partial charge in [-0.05, 0) is 29.2 Å². The van der Waals surface area contributed by atoms with Gasteiger partial charge in [-0.25, -0.2) is 14.6 Å². The highest BCUT2D eigenvalue weighted by atomic mass is 32.1. The van der Waals surface area contributed by atoms with E-state index in [1.54, 1.807) is 5.38 Å². The number of aromatic nitrogens is 1. The normalized spacial score (nSPS) is 13.0. The zero-order valence-corrected chi connectivity index (χ0v) is 19.7. The molecule has 1 aromatic heterocycles. The molecule has 0 saturated carbocycles. The molecule has 1 unspecified atom stereocenters. The van der Waals surface area contributed by atoms with Crippen LogP contribution in [0.25, 0.3) is 11.1 Å². The van der Waals surface area contributed by atoms with Crippen LogP contribution in [-0.2, 0) is 27.3 Å². The second kappa shape index (κ2) is 10.0. The number of aliphatic carboxylic acids is 1. The largest absolute Gasteiger partial charge is 0.480 e. The van der Waals surface area contributed by atoms with E-state index in [4.69, 9.17) is 9.84 Å². The molecule has 3 aromatic rings. The molecule has 0 bridgehead atoms. The van der Waals surface area contributed by atoms with Crippen molar-refractivity contribution in [2.75, 3.05) is 13.7 Å². The predicted molar refractivity (Wildman–Crippen MR) is 128 cm³/mol. The molecule has 2 aromatic carbocycles. The van der Waals surface area contributed by atoms with Crippen LogP contribution in [0.15, 0.2) is 53.9 Å². The van der Waals surface area contributed by atoms with Crippen LogP contribution in [0, 0.1) is 0 Å². The van der Waals surface area contributed by atoms with Crippen molar-refractivity contribution in [3.05, 3.63) is 75.7 Å². The van der Waals surface area contributed by atoms with Crippen molar-refractivity contribution in [2.45, 2.75) is 31.8 Å². The number of carboxylic acids is 1. The first kappa shape index (κ1) is 23.4. The van der Waals surface area contributed by atoms with Crippen molar-refractivity contribution >= 4 is 29.3 Å². The smallest absolute Gasteiger partial charge is 0.407 e. The van der Waals surface area contributed by atoms with Gasteiger partial charge in [0.25, 0.3) is 0 Å². The number of alkyl carbamates (subject to hydrolysis) is 1. The molecular weight excluding hydrogens is 454 g/mol. The number of carboxylic acid groups (broad SMARTS) is 1. The molecule has 0 radical (unpaired) electrons. The molecule has 1 aliphatic carbocycles. The molecule has 0 aliphatic heterocycles. The predicted octanol–water partition coefficient (Wildman–Crippen LogP) is 3.66. The summed E-state index contributed by atoms with van der Waals surface area (Å²) in [7, 11) is 1.45. The number of ether oxygens (including phenoxy) is 1. The number of thiazole rings is 1. The van der Waals surface area contributed by atoms with Crippen LogP contribution in [0.2, 0.25) is 0 Å². The lowest BCUT2D eigenvalue weighted by molar-refractivity contribution is -0.148. The van der Waals surface area contributed by atoms with Crippen molar-refractivity contribution in [1.29, 1.82) is 0 Å². The molecule has 0 saturated heterocycles. The first-order valence-corrected chi connectivity index (χ1v) is 11.7. The summed E-state index contributed by atoms with van der Waals surface area (Å²) in [5, 5.41) is 14.1. The number of rotatable bonds is 8. The monoisotopic (exact) mass is 479 g/mol. The Balaban J connectivity index is 1.29. The van der Waals surface area contributed by atoms with Gasteiger partial charge in [0.15, 0.2) is 0 Å². The van der Waals surface area contributed by atoms with Crippen LogP contribution in [0.4, 0.5) is 4.79 Å². The highest BCUT2D eigenvalue weighted by molar-refractivity contribution is 7.09. The minimum Gasteiger partial charge on any atom is -0.480 e. The van der Waals surface area contributed by atoms with E-state index in [0.29, 0.717) is 10.7 Å². The molecular formula is C25H25N3O5S. The van der Waals surface area contributed by atoms with E-state index >= 15 is 0 Å². The summed E-state index contributed by atoms with van der Waals surface area (Å²) in [6.07, 6.45) is -0.542. The Morgan fingerprint density at radius 1 is 1.12 bits per heavy atom. The standard InChI is InChI=1S/C25H25N3O5S/c1-15(24(30)31)28(2)23(29)11-16-14-34-22(27-16)12-26-25(32)33-13-21-19-9-5-3-7-17(19)18-8-4-6-10-20(18)21/h3-10,14-15,21H,11-13H2,1-2H3,(H,26,32)(H,30,31). The third-order valence-corrected chi connectivity index (χ3v) is 6.89. The van der Waals surface area contributed by atoms with E-state index in [1.807, 2.05) is 24.3 Å². The van der Waals surface area contributed by atoms with Gasteiger partial charge < -0.3 is 20.1 Å². The van der Waals surface area contributed by atoms with Gasteiger partial charge in [0.05, 0.1) is 18.7 Å². The quantitative estimate of drug-likeness (QED) is 0.510. The topological polar surface area (TPSA) is 109 Å². The van der Waals surface area contributed by atoms with Crippen LogP contribution in [0.5, 0.6) is 0 Å². The molecule has 4 rings (SSSR count). The Labute approximate surface area is 201 Å². The molecule has 2 amide bonds. The molecule has 1 aliphatic rings. The average molecular weight is 480 g/mol. The molecule has 34 heavy (non-hydrogen) atoms. The third kappa shape index (κ3) is 4.94. The van der Waals surface area contributed by atoms with E-state index in [-0.39, 0.29) is 31.4 Å². The molecule has 1 atom stereocenters. The lowest BCUT2D eigenvalue weighted by Gasteiger charge is -2.20. The zero-order valence-electron chi connectivity index (χ0n) is 18.9. The van der Waals surface area contributed by atoms with E-state index in [1.165, 1.54) is 41.3 Å². The van der Waals surface area contributed by atoms with E-state index < -0.39 is 18.1 Å². The lowest BCUT2D eigenvalue weighted by Crippen LogP contribution is -2.41. The summed E-state index contributed by atoms with van der Waals surface area (Å²) in [4.78, 5) is 41.2. The first-order chi connectivity index (χ1) is 16.3. The Morgan fingerprint density at radius 3 is 2.35 bits per heavy atom. The van der Waals surface area contributed by atoms with Crippen molar-refractivity contribution in [3.8, 4) is 11.1 Å². The molecule has 1 heterocycles. The highest BCUT2D eigenvalue weighted by Gasteiger charge is 2.29. The van der Waals surface area contributed by atoms with Crippen molar-refractivity contribution in [3.63, 3.8) is 0 Å². The minimum atomic E-state index is -1.07. The van der Waals surface area contributed by atoms with E-state index in [2.05, 4.69) is 34.6 Å². The molecule has 0 spiro atoms. The van der Waals surface area contributed by atoms with Gasteiger partial charge >= 0.3 is 12.1 Å². The van der Waals surface area contributed by atoms with Gasteiger partial charge in [-0.1, -0.05) is 48.5 Å². The number of carbonyl (C=O) groups excluding carboxylic acids is 2. The maximum absolute atomic E-state index is 12.3. The number of amides is 2. The van der Waals surface area contributed by atoms with Crippen LogP contribution in [-0.4, -0.2) is 52.7 Å². The second-order valence-electron chi connectivity index (χ2n) is 8.11. The second-order valence-corrected chi connectivity index (χ2v) is 9.05. The number of nitrogens with one attached hydrogen (secondary N) is 1. The average Bonchev–Trinajstić information content (AvgIpc) is 3.42. The first-order valence-electron chi connectivity index (χ1n) is 10.9. The number of benzene rings is 2. The summed E-state index contributed by atoms with van der Waals surface area (Å²) in [6, 6.07) is 15.4. The minimum absolute atomic E-state index is 0.00440. The van der Waals surface area contributed by atoms with Crippen LogP contribution < -0.4 is 5.32 Å². The third-order valence-electron chi connectivity index (χ3n) is 5.99. The maximum Gasteiger partial charge on any atom is 0.407 e. The Kier molecular flexibility index (Phi) is 6.93. The van der Waals surface area contributed by atoms with Gasteiger partial charge in [0.2, 0.25) is 5.91 Å². The molecule has 0 fully saturated rings. The van der Waals surface area contributed by atoms with Crippen LogP contribution in [0.1, 0.15) is 34.7 Å². The summed E-state index contributed by atoms with van der Waals surface area (Å²) >= 11 is 1.32.